The maximum atomic E-state index is 13.7. The number of hydrogen-bond donors (Lipinski definition) is 1. The van der Waals surface area contributed by atoms with Crippen molar-refractivity contribution in [2.45, 2.75) is 32.7 Å². The SMILES string of the molecule is CCCC(C)[C@@H](c1ccc(F)c(OC)c1)N1CCNCC1.Cl. The van der Waals surface area contributed by atoms with Gasteiger partial charge in [-0.15, -0.1) is 12.4 Å². The van der Waals surface area contributed by atoms with Crippen molar-refractivity contribution in [3.8, 4) is 5.75 Å². The highest BCUT2D eigenvalue weighted by molar-refractivity contribution is 5.85. The molecule has 0 aliphatic carbocycles. The van der Waals surface area contributed by atoms with Gasteiger partial charge in [0.2, 0.25) is 0 Å². The Kier molecular flexibility index (Phi) is 8.15. The topological polar surface area (TPSA) is 24.5 Å². The zero-order valence-electron chi connectivity index (χ0n) is 13.8. The fourth-order valence-corrected chi connectivity index (χ4v) is 3.33. The third-order valence-electron chi connectivity index (χ3n) is 4.34. The van der Waals surface area contributed by atoms with Crippen molar-refractivity contribution in [3.05, 3.63) is 29.6 Å². The Morgan fingerprint density at radius 2 is 2.00 bits per heavy atom. The van der Waals surface area contributed by atoms with Gasteiger partial charge in [-0.05, 0) is 30.0 Å². The molecular formula is C17H28ClFN2O. The Morgan fingerprint density at radius 3 is 2.59 bits per heavy atom. The van der Waals surface area contributed by atoms with Crippen molar-refractivity contribution < 1.29 is 9.13 Å². The molecule has 1 unspecified atom stereocenters. The number of methoxy groups -OCH3 is 1. The van der Waals surface area contributed by atoms with Crippen molar-refractivity contribution in [2.24, 2.45) is 5.92 Å². The summed E-state index contributed by atoms with van der Waals surface area (Å²) in [5, 5.41) is 3.40. The van der Waals surface area contributed by atoms with Crippen molar-refractivity contribution in [1.82, 2.24) is 10.2 Å². The van der Waals surface area contributed by atoms with Crippen LogP contribution in [0, 0.1) is 11.7 Å². The lowest BCUT2D eigenvalue weighted by atomic mass is 9.89. The van der Waals surface area contributed by atoms with E-state index in [1.165, 1.54) is 26.0 Å². The summed E-state index contributed by atoms with van der Waals surface area (Å²) in [7, 11) is 1.53. The molecule has 2 rings (SSSR count). The number of ether oxygens (including phenoxy) is 1. The summed E-state index contributed by atoms with van der Waals surface area (Å²) < 4.78 is 18.8. The van der Waals surface area contributed by atoms with Gasteiger partial charge in [-0.1, -0.05) is 26.3 Å². The minimum atomic E-state index is -0.288. The molecule has 1 fully saturated rings. The third-order valence-corrected chi connectivity index (χ3v) is 4.34. The second-order valence-corrected chi connectivity index (χ2v) is 5.89. The molecule has 1 aliphatic rings. The van der Waals surface area contributed by atoms with E-state index in [9.17, 15) is 4.39 Å². The standard InChI is InChI=1S/C17H27FN2O.ClH/c1-4-5-13(2)17(20-10-8-19-9-11-20)14-6-7-15(18)16(12-14)21-3;/h6-7,12-13,17,19H,4-5,8-11H2,1-3H3;1H/t13?,17-;/m0./s1. The molecule has 0 bridgehead atoms. The van der Waals surface area contributed by atoms with Gasteiger partial charge >= 0.3 is 0 Å². The van der Waals surface area contributed by atoms with Crippen molar-refractivity contribution in [1.29, 1.82) is 0 Å². The molecule has 0 spiro atoms. The van der Waals surface area contributed by atoms with Crippen LogP contribution in [0.4, 0.5) is 4.39 Å². The zero-order valence-corrected chi connectivity index (χ0v) is 14.6. The van der Waals surface area contributed by atoms with Gasteiger partial charge in [0.15, 0.2) is 11.6 Å². The second-order valence-electron chi connectivity index (χ2n) is 5.89. The van der Waals surface area contributed by atoms with Crippen LogP contribution >= 0.6 is 12.4 Å². The number of nitrogens with one attached hydrogen (secondary N) is 1. The van der Waals surface area contributed by atoms with E-state index in [2.05, 4.69) is 24.1 Å². The summed E-state index contributed by atoms with van der Waals surface area (Å²) in [5.74, 6) is 0.600. The summed E-state index contributed by atoms with van der Waals surface area (Å²) in [6.07, 6.45) is 2.34. The maximum absolute atomic E-state index is 13.7. The molecule has 1 aliphatic heterocycles. The predicted octanol–water partition coefficient (Wildman–Crippen LogP) is 3.64. The predicted molar refractivity (Wildman–Crippen MR) is 91.5 cm³/mol. The highest BCUT2D eigenvalue weighted by Crippen LogP contribution is 2.34. The van der Waals surface area contributed by atoms with E-state index in [0.29, 0.717) is 17.7 Å². The number of rotatable bonds is 6. The minimum absolute atomic E-state index is 0. The van der Waals surface area contributed by atoms with E-state index >= 15 is 0 Å². The van der Waals surface area contributed by atoms with Gasteiger partial charge in [-0.25, -0.2) is 4.39 Å². The molecule has 0 amide bonds. The molecule has 3 nitrogen and oxygen atoms in total. The molecule has 0 radical (unpaired) electrons. The van der Waals surface area contributed by atoms with Gasteiger partial charge in [0, 0.05) is 32.2 Å². The number of halogens is 2. The molecule has 22 heavy (non-hydrogen) atoms. The number of piperazine rings is 1. The van der Waals surface area contributed by atoms with Crippen LogP contribution < -0.4 is 10.1 Å². The van der Waals surface area contributed by atoms with Crippen molar-refractivity contribution >= 4 is 12.4 Å². The molecule has 1 saturated heterocycles. The average Bonchev–Trinajstić information content (AvgIpc) is 2.50. The maximum Gasteiger partial charge on any atom is 0.165 e. The Balaban J connectivity index is 0.00000242. The highest BCUT2D eigenvalue weighted by atomic mass is 35.5. The first-order valence-electron chi connectivity index (χ1n) is 7.95. The van der Waals surface area contributed by atoms with Crippen LogP contribution in [0.3, 0.4) is 0 Å². The minimum Gasteiger partial charge on any atom is -0.494 e. The van der Waals surface area contributed by atoms with Crippen LogP contribution in [0.25, 0.3) is 0 Å². The molecule has 1 aromatic carbocycles. The van der Waals surface area contributed by atoms with Crippen LogP contribution in [-0.4, -0.2) is 38.2 Å². The molecule has 5 heteroatoms. The van der Waals surface area contributed by atoms with Crippen LogP contribution in [0.2, 0.25) is 0 Å². The van der Waals surface area contributed by atoms with Crippen molar-refractivity contribution in [3.63, 3.8) is 0 Å². The summed E-state index contributed by atoms with van der Waals surface area (Å²) in [5.41, 5.74) is 1.16. The first kappa shape index (κ1) is 19.2. The normalized spacial score (nSPS) is 18.4. The van der Waals surface area contributed by atoms with Gasteiger partial charge in [0.05, 0.1) is 7.11 Å². The smallest absolute Gasteiger partial charge is 0.165 e. The summed E-state index contributed by atoms with van der Waals surface area (Å²) in [6, 6.07) is 5.65. The Hall–Kier alpha value is -0.840. The van der Waals surface area contributed by atoms with Gasteiger partial charge in [-0.2, -0.15) is 0 Å². The number of hydrogen-bond acceptors (Lipinski definition) is 3. The van der Waals surface area contributed by atoms with E-state index in [1.54, 1.807) is 0 Å². The highest BCUT2D eigenvalue weighted by Gasteiger charge is 2.27. The van der Waals surface area contributed by atoms with Gasteiger partial charge < -0.3 is 10.1 Å². The molecule has 1 aromatic rings. The molecule has 0 saturated carbocycles. The Morgan fingerprint density at radius 1 is 1.32 bits per heavy atom. The lowest BCUT2D eigenvalue weighted by Crippen LogP contribution is -2.46. The monoisotopic (exact) mass is 330 g/mol. The van der Waals surface area contributed by atoms with E-state index in [4.69, 9.17) is 4.74 Å². The van der Waals surface area contributed by atoms with E-state index in [1.807, 2.05) is 12.1 Å². The molecule has 1 N–H and O–H groups in total. The van der Waals surface area contributed by atoms with Crippen LogP contribution in [0.1, 0.15) is 38.3 Å². The second kappa shape index (κ2) is 9.33. The van der Waals surface area contributed by atoms with Gasteiger partial charge in [-0.3, -0.25) is 4.90 Å². The Bertz CT molecular complexity index is 452. The third kappa shape index (κ3) is 4.58. The van der Waals surface area contributed by atoms with Crippen LogP contribution in [0.15, 0.2) is 18.2 Å². The molecule has 2 atom stereocenters. The molecule has 126 valence electrons. The first-order valence-corrected chi connectivity index (χ1v) is 7.95. The lowest BCUT2D eigenvalue weighted by Gasteiger charge is -2.38. The fraction of sp³-hybridized carbons (Fsp3) is 0.647. The molecule has 0 aromatic heterocycles. The molecule has 1 heterocycles. The first-order chi connectivity index (χ1) is 10.2. The van der Waals surface area contributed by atoms with Crippen LogP contribution in [-0.2, 0) is 0 Å². The van der Waals surface area contributed by atoms with Gasteiger partial charge in [0.25, 0.3) is 0 Å². The summed E-state index contributed by atoms with van der Waals surface area (Å²) in [6.45, 7) is 8.64. The van der Waals surface area contributed by atoms with E-state index in [0.717, 1.165) is 31.7 Å². The van der Waals surface area contributed by atoms with Crippen LogP contribution in [0.5, 0.6) is 5.75 Å². The number of benzene rings is 1. The molecular weight excluding hydrogens is 303 g/mol. The van der Waals surface area contributed by atoms with Gasteiger partial charge in [0.1, 0.15) is 0 Å². The summed E-state index contributed by atoms with van der Waals surface area (Å²) in [4.78, 5) is 2.52. The van der Waals surface area contributed by atoms with Crippen molar-refractivity contribution in [2.75, 3.05) is 33.3 Å². The lowest BCUT2D eigenvalue weighted by molar-refractivity contribution is 0.126. The summed E-state index contributed by atoms with van der Waals surface area (Å²) >= 11 is 0. The number of nitrogens with zero attached hydrogens (tertiary/aromatic N) is 1. The Labute approximate surface area is 139 Å². The largest absolute Gasteiger partial charge is 0.494 e. The van der Waals surface area contributed by atoms with E-state index in [-0.39, 0.29) is 18.2 Å². The zero-order chi connectivity index (χ0) is 15.2. The quantitative estimate of drug-likeness (QED) is 0.862. The van der Waals surface area contributed by atoms with E-state index < -0.39 is 0 Å². The fourth-order valence-electron chi connectivity index (χ4n) is 3.33. The average molecular weight is 331 g/mol.